The summed E-state index contributed by atoms with van der Waals surface area (Å²) in [5.41, 5.74) is 1.96. The van der Waals surface area contributed by atoms with Gasteiger partial charge >= 0.3 is 12.0 Å². The minimum Gasteiger partial charge on any atom is -0.467 e. The quantitative estimate of drug-likeness (QED) is 0.717. The van der Waals surface area contributed by atoms with E-state index in [0.29, 0.717) is 5.69 Å². The third-order valence-electron chi connectivity index (χ3n) is 3.99. The van der Waals surface area contributed by atoms with E-state index in [0.717, 1.165) is 25.7 Å². The number of ether oxygens (including phenoxy) is 1. The van der Waals surface area contributed by atoms with E-state index < -0.39 is 18.0 Å². The number of aryl methyl sites for hydroxylation is 1. The van der Waals surface area contributed by atoms with Crippen LogP contribution < -0.4 is 10.6 Å². The van der Waals surface area contributed by atoms with Gasteiger partial charge in [-0.05, 0) is 36.5 Å². The highest BCUT2D eigenvalue weighted by Crippen LogP contribution is 2.13. The van der Waals surface area contributed by atoms with Crippen molar-refractivity contribution in [3.05, 3.63) is 29.8 Å². The van der Waals surface area contributed by atoms with Crippen molar-refractivity contribution in [2.75, 3.05) is 12.4 Å². The van der Waals surface area contributed by atoms with Gasteiger partial charge in [0.05, 0.1) is 7.11 Å². The number of unbranched alkanes of at least 4 members (excludes halogenated alkanes) is 1. The van der Waals surface area contributed by atoms with Gasteiger partial charge in [-0.2, -0.15) is 0 Å². The van der Waals surface area contributed by atoms with Gasteiger partial charge in [0.1, 0.15) is 6.04 Å². The van der Waals surface area contributed by atoms with Crippen molar-refractivity contribution < 1.29 is 14.3 Å². The number of nitrogens with one attached hydrogen (secondary N) is 2. The van der Waals surface area contributed by atoms with Crippen molar-refractivity contribution in [3.8, 4) is 0 Å². The number of amides is 2. The summed E-state index contributed by atoms with van der Waals surface area (Å²) in [6.07, 6.45) is 4.13. The number of methoxy groups -OCH3 is 1. The standard InChI is InChI=1S/C18H28N2O3/c1-5-7-8-14-9-11-15(12-10-14)19-18(22)20-16(13(3)6-2)17(21)23-4/h9-13,16H,5-8H2,1-4H3,(H2,19,20,22)/t13-,16+/m1/s1. The zero-order valence-corrected chi connectivity index (χ0v) is 14.5. The van der Waals surface area contributed by atoms with Crippen LogP contribution in [0.2, 0.25) is 0 Å². The summed E-state index contributed by atoms with van der Waals surface area (Å²) >= 11 is 0. The fourth-order valence-corrected chi connectivity index (χ4v) is 2.24. The third kappa shape index (κ3) is 6.30. The lowest BCUT2D eigenvalue weighted by atomic mass is 9.99. The number of hydrogen-bond donors (Lipinski definition) is 2. The molecule has 0 aliphatic carbocycles. The van der Waals surface area contributed by atoms with Crippen LogP contribution in [0.25, 0.3) is 0 Å². The van der Waals surface area contributed by atoms with Gasteiger partial charge < -0.3 is 15.4 Å². The summed E-state index contributed by atoms with van der Waals surface area (Å²) in [4.78, 5) is 23.9. The summed E-state index contributed by atoms with van der Waals surface area (Å²) in [7, 11) is 1.33. The molecule has 23 heavy (non-hydrogen) atoms. The molecule has 0 unspecified atom stereocenters. The summed E-state index contributed by atoms with van der Waals surface area (Å²) in [5, 5.41) is 5.45. The Morgan fingerprint density at radius 1 is 1.17 bits per heavy atom. The van der Waals surface area contributed by atoms with Crippen molar-refractivity contribution in [1.82, 2.24) is 5.32 Å². The van der Waals surface area contributed by atoms with Crippen LogP contribution in [0.5, 0.6) is 0 Å². The molecule has 0 bridgehead atoms. The Labute approximate surface area is 138 Å². The van der Waals surface area contributed by atoms with E-state index in [1.807, 2.05) is 38.1 Å². The highest BCUT2D eigenvalue weighted by Gasteiger charge is 2.26. The predicted molar refractivity (Wildman–Crippen MR) is 92.5 cm³/mol. The van der Waals surface area contributed by atoms with Crippen molar-refractivity contribution >= 4 is 17.7 Å². The molecule has 0 radical (unpaired) electrons. The first kappa shape index (κ1) is 19.0. The van der Waals surface area contributed by atoms with Crippen LogP contribution in [-0.4, -0.2) is 25.2 Å². The molecule has 0 aliphatic heterocycles. The Morgan fingerprint density at radius 3 is 2.35 bits per heavy atom. The molecule has 0 spiro atoms. The maximum Gasteiger partial charge on any atom is 0.328 e. The van der Waals surface area contributed by atoms with Gasteiger partial charge in [0.25, 0.3) is 0 Å². The van der Waals surface area contributed by atoms with Crippen molar-refractivity contribution in [1.29, 1.82) is 0 Å². The molecule has 0 aliphatic rings. The van der Waals surface area contributed by atoms with Crippen LogP contribution >= 0.6 is 0 Å². The average molecular weight is 320 g/mol. The van der Waals surface area contributed by atoms with Gasteiger partial charge in [0.15, 0.2) is 0 Å². The topological polar surface area (TPSA) is 67.4 Å². The van der Waals surface area contributed by atoms with Crippen LogP contribution in [0.4, 0.5) is 10.5 Å². The van der Waals surface area contributed by atoms with Crippen molar-refractivity contribution in [3.63, 3.8) is 0 Å². The summed E-state index contributed by atoms with van der Waals surface area (Å²) in [6, 6.07) is 6.73. The van der Waals surface area contributed by atoms with Gasteiger partial charge in [0.2, 0.25) is 0 Å². The average Bonchev–Trinajstić information content (AvgIpc) is 2.57. The fraction of sp³-hybridized carbons (Fsp3) is 0.556. The fourth-order valence-electron chi connectivity index (χ4n) is 2.24. The Bertz CT molecular complexity index is 499. The highest BCUT2D eigenvalue weighted by molar-refractivity contribution is 5.92. The number of anilines is 1. The number of carbonyl (C=O) groups excluding carboxylic acids is 2. The minimum absolute atomic E-state index is 0.00428. The number of carbonyl (C=O) groups is 2. The molecular weight excluding hydrogens is 292 g/mol. The second-order valence-corrected chi connectivity index (χ2v) is 5.79. The third-order valence-corrected chi connectivity index (χ3v) is 3.99. The summed E-state index contributed by atoms with van der Waals surface area (Å²) in [6.45, 7) is 6.04. The molecule has 5 nitrogen and oxygen atoms in total. The van der Waals surface area contributed by atoms with Crippen LogP contribution in [0, 0.1) is 5.92 Å². The lowest BCUT2D eigenvalue weighted by Gasteiger charge is -2.22. The molecule has 2 amide bonds. The number of rotatable bonds is 8. The van der Waals surface area contributed by atoms with E-state index in [1.54, 1.807) is 0 Å². The number of esters is 1. The Hall–Kier alpha value is -2.04. The SMILES string of the molecule is CCCCc1ccc(NC(=O)N[C@H](C(=O)OC)[C@H](C)CC)cc1. The first-order chi connectivity index (χ1) is 11.0. The Balaban J connectivity index is 2.61. The second-order valence-electron chi connectivity index (χ2n) is 5.79. The largest absolute Gasteiger partial charge is 0.467 e. The van der Waals surface area contributed by atoms with Gasteiger partial charge in [-0.15, -0.1) is 0 Å². The van der Waals surface area contributed by atoms with E-state index in [2.05, 4.69) is 17.6 Å². The Kier molecular flexibility index (Phi) is 8.16. The molecule has 0 heterocycles. The molecular formula is C18H28N2O3. The molecule has 0 fully saturated rings. The maximum absolute atomic E-state index is 12.1. The molecule has 0 saturated carbocycles. The van der Waals surface area contributed by atoms with Crippen molar-refractivity contribution in [2.24, 2.45) is 5.92 Å². The molecule has 0 saturated heterocycles. The normalized spacial score (nSPS) is 13.0. The number of benzene rings is 1. The highest BCUT2D eigenvalue weighted by atomic mass is 16.5. The molecule has 1 aromatic rings. The summed E-state index contributed by atoms with van der Waals surface area (Å²) in [5.74, 6) is -0.422. The van der Waals surface area contributed by atoms with E-state index in [-0.39, 0.29) is 5.92 Å². The molecule has 2 N–H and O–H groups in total. The van der Waals surface area contributed by atoms with Crippen molar-refractivity contribution in [2.45, 2.75) is 52.5 Å². The molecule has 2 atom stereocenters. The van der Waals surface area contributed by atoms with Crippen LogP contribution in [-0.2, 0) is 16.0 Å². The van der Waals surface area contributed by atoms with Crippen LogP contribution in [0.1, 0.15) is 45.6 Å². The van der Waals surface area contributed by atoms with Gasteiger partial charge in [0, 0.05) is 5.69 Å². The number of urea groups is 1. The van der Waals surface area contributed by atoms with E-state index >= 15 is 0 Å². The van der Waals surface area contributed by atoms with Crippen LogP contribution in [0.3, 0.4) is 0 Å². The predicted octanol–water partition coefficient (Wildman–Crippen LogP) is 3.74. The molecule has 0 aromatic heterocycles. The Morgan fingerprint density at radius 2 is 1.83 bits per heavy atom. The van der Waals surface area contributed by atoms with Gasteiger partial charge in [-0.3, -0.25) is 0 Å². The number of hydrogen-bond acceptors (Lipinski definition) is 3. The first-order valence-electron chi connectivity index (χ1n) is 8.26. The molecule has 1 rings (SSSR count). The van der Waals surface area contributed by atoms with E-state index in [4.69, 9.17) is 4.74 Å². The zero-order chi connectivity index (χ0) is 17.2. The van der Waals surface area contributed by atoms with Gasteiger partial charge in [-0.1, -0.05) is 45.7 Å². The zero-order valence-electron chi connectivity index (χ0n) is 14.5. The lowest BCUT2D eigenvalue weighted by molar-refractivity contribution is -0.144. The molecule has 1 aromatic carbocycles. The lowest BCUT2D eigenvalue weighted by Crippen LogP contribution is -2.47. The monoisotopic (exact) mass is 320 g/mol. The molecule has 128 valence electrons. The first-order valence-corrected chi connectivity index (χ1v) is 8.26. The van der Waals surface area contributed by atoms with E-state index in [1.165, 1.54) is 12.7 Å². The maximum atomic E-state index is 12.1. The smallest absolute Gasteiger partial charge is 0.328 e. The summed E-state index contributed by atoms with van der Waals surface area (Å²) < 4.78 is 4.76. The van der Waals surface area contributed by atoms with Crippen LogP contribution in [0.15, 0.2) is 24.3 Å². The second kappa shape index (κ2) is 9.87. The van der Waals surface area contributed by atoms with E-state index in [9.17, 15) is 9.59 Å². The minimum atomic E-state index is -0.645. The molecule has 5 heteroatoms. The van der Waals surface area contributed by atoms with Gasteiger partial charge in [-0.25, -0.2) is 9.59 Å².